The van der Waals surface area contributed by atoms with Gasteiger partial charge in [0.05, 0.1) is 17.9 Å². The standard InChI is InChI=1S/C15H23ClN4O.C8H8Cl2N2.C8H17NO/c1-15(2,3)19-12(21)9-20(4)13-10-7-5-6-8-11(10)17-14(16)18-13;9-7-5-3-1-2-4-6(5)11-8(10)12-7;1-5-6-7(10)9-8(2,3)4/h5-9H2,1-4H3,(H,19,21);1-4H2;5-6H2,1-4H3,(H,9,10). The number of rotatable bonds is 5. The molecule has 0 saturated carbocycles. The summed E-state index contributed by atoms with van der Waals surface area (Å²) in [5.41, 5.74) is 3.97. The number of carbonyl (C=O) groups is 2. The fraction of sp³-hybridized carbons (Fsp3) is 0.677. The summed E-state index contributed by atoms with van der Waals surface area (Å²) in [6.45, 7) is 14.1. The largest absolute Gasteiger partial charge is 0.352 e. The Morgan fingerprint density at radius 3 is 1.72 bits per heavy atom. The van der Waals surface area contributed by atoms with Crippen LogP contribution in [-0.2, 0) is 35.3 Å². The average Bonchev–Trinajstić information content (AvgIpc) is 2.86. The highest BCUT2D eigenvalue weighted by molar-refractivity contribution is 6.32. The highest BCUT2D eigenvalue weighted by Crippen LogP contribution is 2.29. The Labute approximate surface area is 272 Å². The highest BCUT2D eigenvalue weighted by Gasteiger charge is 2.22. The first-order valence-corrected chi connectivity index (χ1v) is 16.2. The molecule has 12 heteroatoms. The molecule has 2 aromatic rings. The molecule has 9 nitrogen and oxygen atoms in total. The third-order valence-corrected chi connectivity index (χ3v) is 7.14. The van der Waals surface area contributed by atoms with Crippen LogP contribution in [0.15, 0.2) is 0 Å². The van der Waals surface area contributed by atoms with Crippen molar-refractivity contribution in [3.8, 4) is 0 Å². The van der Waals surface area contributed by atoms with E-state index in [1.54, 1.807) is 0 Å². The fourth-order valence-corrected chi connectivity index (χ4v) is 5.53. The lowest BCUT2D eigenvalue weighted by Crippen LogP contribution is -2.45. The monoisotopic (exact) mass is 655 g/mol. The minimum absolute atomic E-state index is 0.0238. The molecule has 0 spiro atoms. The summed E-state index contributed by atoms with van der Waals surface area (Å²) >= 11 is 17.6. The molecule has 240 valence electrons. The number of nitrogens with zero attached hydrogens (tertiary/aromatic N) is 5. The van der Waals surface area contributed by atoms with Gasteiger partial charge in [0.15, 0.2) is 0 Å². The molecule has 0 atom stereocenters. The first-order valence-electron chi connectivity index (χ1n) is 15.1. The van der Waals surface area contributed by atoms with Gasteiger partial charge in [0.2, 0.25) is 22.4 Å². The zero-order chi connectivity index (χ0) is 32.4. The van der Waals surface area contributed by atoms with E-state index in [1.165, 1.54) is 12.8 Å². The van der Waals surface area contributed by atoms with Crippen LogP contribution < -0.4 is 15.5 Å². The molecule has 43 heavy (non-hydrogen) atoms. The molecule has 2 aromatic heterocycles. The molecule has 0 radical (unpaired) electrons. The Bertz CT molecular complexity index is 1240. The van der Waals surface area contributed by atoms with Gasteiger partial charge in [0, 0.05) is 35.7 Å². The maximum Gasteiger partial charge on any atom is 0.239 e. The normalized spacial score (nSPS) is 14.1. The van der Waals surface area contributed by atoms with Crippen LogP contribution in [0.3, 0.4) is 0 Å². The summed E-state index contributed by atoms with van der Waals surface area (Å²) in [5, 5.41) is 6.89. The summed E-state index contributed by atoms with van der Waals surface area (Å²) in [4.78, 5) is 41.6. The number of amides is 2. The van der Waals surface area contributed by atoms with Crippen molar-refractivity contribution in [3.63, 3.8) is 0 Å². The van der Waals surface area contributed by atoms with E-state index in [-0.39, 0.29) is 40.0 Å². The Balaban J connectivity index is 0.000000248. The average molecular weight is 657 g/mol. The van der Waals surface area contributed by atoms with Crippen LogP contribution in [0.5, 0.6) is 0 Å². The molecule has 2 N–H and O–H groups in total. The van der Waals surface area contributed by atoms with Crippen molar-refractivity contribution < 1.29 is 9.59 Å². The number of aryl methyl sites for hydroxylation is 2. The van der Waals surface area contributed by atoms with Crippen LogP contribution in [0.4, 0.5) is 5.82 Å². The number of aromatic nitrogens is 4. The lowest BCUT2D eigenvalue weighted by Gasteiger charge is -2.26. The van der Waals surface area contributed by atoms with Crippen LogP contribution in [0.25, 0.3) is 0 Å². The van der Waals surface area contributed by atoms with Gasteiger partial charge in [0.25, 0.3) is 0 Å². The molecule has 0 aliphatic heterocycles. The predicted octanol–water partition coefficient (Wildman–Crippen LogP) is 6.72. The van der Waals surface area contributed by atoms with Crippen molar-refractivity contribution >= 4 is 52.4 Å². The zero-order valence-corrected chi connectivity index (χ0v) is 29.2. The van der Waals surface area contributed by atoms with Crippen LogP contribution in [-0.4, -0.2) is 56.4 Å². The van der Waals surface area contributed by atoms with E-state index in [2.05, 4.69) is 30.6 Å². The summed E-state index contributed by atoms with van der Waals surface area (Å²) in [6, 6.07) is 0. The Morgan fingerprint density at radius 1 is 0.721 bits per heavy atom. The van der Waals surface area contributed by atoms with E-state index in [1.807, 2.05) is 60.4 Å². The second kappa shape index (κ2) is 16.7. The lowest BCUT2D eigenvalue weighted by atomic mass is 9.96. The van der Waals surface area contributed by atoms with Crippen LogP contribution in [0.1, 0.15) is 110 Å². The van der Waals surface area contributed by atoms with Crippen molar-refractivity contribution in [1.29, 1.82) is 0 Å². The van der Waals surface area contributed by atoms with E-state index in [0.29, 0.717) is 11.6 Å². The molecule has 2 aliphatic carbocycles. The summed E-state index contributed by atoms with van der Waals surface area (Å²) < 4.78 is 0. The minimum Gasteiger partial charge on any atom is -0.352 e. The van der Waals surface area contributed by atoms with Gasteiger partial charge in [-0.3, -0.25) is 9.59 Å². The minimum atomic E-state index is -0.235. The molecule has 0 saturated heterocycles. The van der Waals surface area contributed by atoms with E-state index in [0.717, 1.165) is 73.3 Å². The number of carbonyl (C=O) groups excluding carboxylic acids is 2. The molecule has 2 heterocycles. The van der Waals surface area contributed by atoms with Gasteiger partial charge in [-0.2, -0.15) is 0 Å². The second-order valence-corrected chi connectivity index (χ2v) is 14.1. The number of hydrogen-bond donors (Lipinski definition) is 2. The molecule has 0 fully saturated rings. The van der Waals surface area contributed by atoms with Gasteiger partial charge in [-0.05, 0) is 123 Å². The van der Waals surface area contributed by atoms with Gasteiger partial charge in [-0.1, -0.05) is 18.5 Å². The first-order chi connectivity index (χ1) is 20.0. The third kappa shape index (κ3) is 13.5. The van der Waals surface area contributed by atoms with Gasteiger partial charge in [-0.15, -0.1) is 0 Å². The van der Waals surface area contributed by atoms with Crippen molar-refractivity contribution in [2.24, 2.45) is 0 Å². The second-order valence-electron chi connectivity index (χ2n) is 13.1. The van der Waals surface area contributed by atoms with E-state index in [4.69, 9.17) is 34.8 Å². The molecule has 4 rings (SSSR count). The van der Waals surface area contributed by atoms with Crippen molar-refractivity contribution in [2.45, 2.75) is 124 Å². The molecule has 2 amide bonds. The number of nitrogens with one attached hydrogen (secondary N) is 2. The number of hydrogen-bond acceptors (Lipinski definition) is 7. The van der Waals surface area contributed by atoms with Gasteiger partial charge in [0.1, 0.15) is 11.0 Å². The van der Waals surface area contributed by atoms with Crippen LogP contribution in [0.2, 0.25) is 15.7 Å². The van der Waals surface area contributed by atoms with Crippen LogP contribution >= 0.6 is 34.8 Å². The van der Waals surface area contributed by atoms with E-state index in [9.17, 15) is 9.59 Å². The molecular formula is C31H48Cl3N7O2. The predicted molar refractivity (Wildman–Crippen MR) is 176 cm³/mol. The quantitative estimate of drug-likeness (QED) is 0.271. The number of anilines is 1. The van der Waals surface area contributed by atoms with Crippen molar-refractivity contribution in [1.82, 2.24) is 30.6 Å². The highest BCUT2D eigenvalue weighted by atomic mass is 35.5. The number of likely N-dealkylation sites (N-methyl/N-ethyl adjacent to an activating group) is 1. The maximum atomic E-state index is 12.1. The topological polar surface area (TPSA) is 113 Å². The Kier molecular flexibility index (Phi) is 14.4. The molecule has 0 bridgehead atoms. The molecule has 0 aromatic carbocycles. The van der Waals surface area contributed by atoms with E-state index < -0.39 is 0 Å². The Morgan fingerprint density at radius 2 is 1.19 bits per heavy atom. The summed E-state index contributed by atoms with van der Waals surface area (Å²) in [7, 11) is 1.87. The molecule has 0 unspecified atom stereocenters. The number of halogens is 3. The maximum absolute atomic E-state index is 12.1. The lowest BCUT2D eigenvalue weighted by molar-refractivity contribution is -0.122. The summed E-state index contributed by atoms with van der Waals surface area (Å²) in [5.74, 6) is 0.910. The van der Waals surface area contributed by atoms with Gasteiger partial charge < -0.3 is 15.5 Å². The van der Waals surface area contributed by atoms with E-state index >= 15 is 0 Å². The zero-order valence-electron chi connectivity index (χ0n) is 27.0. The first kappa shape index (κ1) is 37.0. The third-order valence-electron chi connectivity index (χ3n) is 6.49. The smallest absolute Gasteiger partial charge is 0.239 e. The van der Waals surface area contributed by atoms with Gasteiger partial charge in [-0.25, -0.2) is 19.9 Å². The van der Waals surface area contributed by atoms with Crippen LogP contribution in [0, 0.1) is 0 Å². The summed E-state index contributed by atoms with van der Waals surface area (Å²) in [6.07, 6.45) is 10.0. The number of fused-ring (bicyclic) bond motifs is 2. The van der Waals surface area contributed by atoms with Gasteiger partial charge >= 0.3 is 0 Å². The molecule has 2 aliphatic rings. The van der Waals surface area contributed by atoms with Crippen molar-refractivity contribution in [3.05, 3.63) is 38.2 Å². The SMILES string of the molecule is CCCC(=O)NC(C)(C)C.CN(CC(=O)NC(C)(C)C)c1nc(Cl)nc2c1CCCC2.Clc1nc(Cl)c2c(n1)CCCC2. The van der Waals surface area contributed by atoms with Crippen molar-refractivity contribution in [2.75, 3.05) is 18.5 Å². The Hall–Kier alpha value is -2.23. The fourth-order valence-electron chi connectivity index (χ4n) is 4.84. The molecular weight excluding hydrogens is 609 g/mol.